The van der Waals surface area contributed by atoms with Crippen LogP contribution in [0, 0.1) is 12.8 Å². The molecule has 1 aliphatic carbocycles. The first-order chi connectivity index (χ1) is 9.58. The molecule has 0 amide bonds. The normalized spacial score (nSPS) is 22.3. The van der Waals surface area contributed by atoms with Gasteiger partial charge in [0, 0.05) is 12.5 Å². The molecule has 1 saturated carbocycles. The van der Waals surface area contributed by atoms with Crippen molar-refractivity contribution in [2.75, 3.05) is 20.6 Å². The summed E-state index contributed by atoms with van der Waals surface area (Å²) in [4.78, 5) is 14.8. The number of allylic oxidation sites excluding steroid dienone is 1. The maximum absolute atomic E-state index is 12.7. The maximum Gasteiger partial charge on any atom is 0.163 e. The Bertz CT molecular complexity index is 502. The number of carbonyl (C=O) groups is 1. The van der Waals surface area contributed by atoms with Crippen LogP contribution in [-0.4, -0.2) is 31.3 Å². The predicted molar refractivity (Wildman–Crippen MR) is 84.7 cm³/mol. The molecular weight excluding hydrogens is 246 g/mol. The lowest BCUT2D eigenvalue weighted by atomic mass is 9.93. The molecule has 1 atom stereocenters. The Hall–Kier alpha value is -1.41. The minimum absolute atomic E-state index is 0.169. The van der Waals surface area contributed by atoms with E-state index in [4.69, 9.17) is 0 Å². The van der Waals surface area contributed by atoms with Crippen molar-refractivity contribution >= 4 is 11.9 Å². The zero-order valence-corrected chi connectivity index (χ0v) is 12.9. The number of hydrogen-bond donors (Lipinski definition) is 0. The van der Waals surface area contributed by atoms with Crippen molar-refractivity contribution in [3.05, 3.63) is 41.0 Å². The number of ketones is 1. The Morgan fingerprint density at radius 3 is 2.70 bits per heavy atom. The Morgan fingerprint density at radius 1 is 1.25 bits per heavy atom. The highest BCUT2D eigenvalue weighted by Gasteiger charge is 2.25. The summed E-state index contributed by atoms with van der Waals surface area (Å²) in [6, 6.07) is 8.28. The molecule has 2 nitrogen and oxygen atoms in total. The number of aryl methyl sites for hydroxylation is 1. The van der Waals surface area contributed by atoms with Gasteiger partial charge in [-0.2, -0.15) is 0 Å². The van der Waals surface area contributed by atoms with Gasteiger partial charge in [0.1, 0.15) is 0 Å². The predicted octanol–water partition coefficient (Wildman–Crippen LogP) is 3.70. The van der Waals surface area contributed by atoms with Crippen LogP contribution >= 0.6 is 0 Å². The Labute approximate surface area is 122 Å². The van der Waals surface area contributed by atoms with Crippen molar-refractivity contribution in [2.24, 2.45) is 5.92 Å². The number of hydrogen-bond acceptors (Lipinski definition) is 2. The third-order valence-corrected chi connectivity index (χ3v) is 4.04. The first kappa shape index (κ1) is 15.0. The zero-order chi connectivity index (χ0) is 14.5. The van der Waals surface area contributed by atoms with Crippen molar-refractivity contribution in [3.63, 3.8) is 0 Å². The van der Waals surface area contributed by atoms with Crippen LogP contribution in [0.4, 0.5) is 0 Å². The smallest absolute Gasteiger partial charge is 0.163 e. The van der Waals surface area contributed by atoms with Crippen LogP contribution in [0.1, 0.15) is 36.8 Å². The van der Waals surface area contributed by atoms with Crippen molar-refractivity contribution < 1.29 is 4.79 Å². The van der Waals surface area contributed by atoms with Gasteiger partial charge in [0.15, 0.2) is 5.78 Å². The van der Waals surface area contributed by atoms with Crippen molar-refractivity contribution in [2.45, 2.75) is 32.6 Å². The van der Waals surface area contributed by atoms with E-state index in [1.807, 2.05) is 26.2 Å². The molecule has 0 radical (unpaired) electrons. The minimum Gasteiger partial charge on any atom is -0.309 e. The molecule has 0 aromatic heterocycles. The van der Waals surface area contributed by atoms with E-state index in [1.165, 1.54) is 11.1 Å². The minimum atomic E-state index is 0.169. The van der Waals surface area contributed by atoms with Gasteiger partial charge >= 0.3 is 0 Å². The molecule has 0 heterocycles. The molecule has 0 N–H and O–H groups in total. The van der Waals surface area contributed by atoms with Crippen LogP contribution in [0.15, 0.2) is 29.8 Å². The average molecular weight is 271 g/mol. The molecule has 2 heteroatoms. The van der Waals surface area contributed by atoms with E-state index < -0.39 is 0 Å². The summed E-state index contributed by atoms with van der Waals surface area (Å²) in [6.45, 7) is 2.97. The summed E-state index contributed by atoms with van der Waals surface area (Å²) in [6.07, 6.45) is 6.37. The third kappa shape index (κ3) is 3.80. The summed E-state index contributed by atoms with van der Waals surface area (Å²) in [5, 5.41) is 0. The highest BCUT2D eigenvalue weighted by molar-refractivity contribution is 6.01. The van der Waals surface area contributed by atoms with Crippen LogP contribution in [0.2, 0.25) is 0 Å². The molecule has 0 saturated heterocycles. The SMILES string of the molecule is Cc1ccccc1C=C1CCCCC(CN(C)C)C1=O. The Kier molecular flexibility index (Phi) is 5.13. The van der Waals surface area contributed by atoms with Crippen molar-refractivity contribution in [3.8, 4) is 0 Å². The van der Waals surface area contributed by atoms with Gasteiger partial charge in [0.25, 0.3) is 0 Å². The highest BCUT2D eigenvalue weighted by Crippen LogP contribution is 2.26. The van der Waals surface area contributed by atoms with E-state index in [-0.39, 0.29) is 5.92 Å². The molecule has 0 spiro atoms. The molecule has 0 aliphatic heterocycles. The Balaban J connectivity index is 2.25. The number of rotatable bonds is 3. The number of Topliss-reactive ketones (excluding diaryl/α,β-unsaturated/α-hetero) is 1. The Morgan fingerprint density at radius 2 is 2.00 bits per heavy atom. The highest BCUT2D eigenvalue weighted by atomic mass is 16.1. The van der Waals surface area contributed by atoms with Crippen LogP contribution in [0.3, 0.4) is 0 Å². The topological polar surface area (TPSA) is 20.3 Å². The summed E-state index contributed by atoms with van der Waals surface area (Å²) < 4.78 is 0. The van der Waals surface area contributed by atoms with Gasteiger partial charge in [-0.3, -0.25) is 4.79 Å². The molecule has 1 aromatic rings. The molecule has 2 rings (SSSR count). The second-order valence-corrected chi connectivity index (χ2v) is 6.10. The second-order valence-electron chi connectivity index (χ2n) is 6.10. The molecule has 1 unspecified atom stereocenters. The standard InChI is InChI=1S/C18H25NO/c1-14-8-4-5-9-15(14)12-16-10-6-7-11-17(18(16)20)13-19(2)3/h4-5,8-9,12,17H,6-7,10-11,13H2,1-3H3. The van der Waals surface area contributed by atoms with Gasteiger partial charge in [-0.25, -0.2) is 0 Å². The van der Waals surface area contributed by atoms with E-state index in [0.29, 0.717) is 5.78 Å². The molecule has 0 bridgehead atoms. The zero-order valence-electron chi connectivity index (χ0n) is 12.9. The monoisotopic (exact) mass is 271 g/mol. The van der Waals surface area contributed by atoms with Gasteiger partial charge in [-0.15, -0.1) is 0 Å². The summed E-state index contributed by atoms with van der Waals surface area (Å²) in [7, 11) is 4.09. The van der Waals surface area contributed by atoms with E-state index in [0.717, 1.165) is 37.8 Å². The first-order valence-corrected chi connectivity index (χ1v) is 7.53. The number of carbonyl (C=O) groups excluding carboxylic acids is 1. The second kappa shape index (κ2) is 6.85. The van der Waals surface area contributed by atoms with Gasteiger partial charge in [0.05, 0.1) is 0 Å². The van der Waals surface area contributed by atoms with Gasteiger partial charge in [-0.05, 0) is 63.1 Å². The molecule has 108 valence electrons. The molecular formula is C18H25NO. The van der Waals surface area contributed by atoms with Crippen LogP contribution in [0.5, 0.6) is 0 Å². The quantitative estimate of drug-likeness (QED) is 0.617. The molecule has 1 fully saturated rings. The van der Waals surface area contributed by atoms with Crippen molar-refractivity contribution in [1.29, 1.82) is 0 Å². The lowest BCUT2D eigenvalue weighted by Gasteiger charge is -2.18. The third-order valence-electron chi connectivity index (χ3n) is 4.04. The largest absolute Gasteiger partial charge is 0.309 e. The fourth-order valence-corrected chi connectivity index (χ4v) is 2.92. The average Bonchev–Trinajstić information content (AvgIpc) is 2.56. The fraction of sp³-hybridized carbons (Fsp3) is 0.500. The summed E-state index contributed by atoms with van der Waals surface area (Å²) in [5.74, 6) is 0.530. The van der Waals surface area contributed by atoms with Gasteiger partial charge in [-0.1, -0.05) is 30.7 Å². The van der Waals surface area contributed by atoms with Gasteiger partial charge < -0.3 is 4.90 Å². The van der Waals surface area contributed by atoms with Crippen LogP contribution < -0.4 is 0 Å². The molecule has 20 heavy (non-hydrogen) atoms. The van der Waals surface area contributed by atoms with Crippen LogP contribution in [-0.2, 0) is 4.79 Å². The number of benzene rings is 1. The molecule has 1 aromatic carbocycles. The summed E-state index contributed by atoms with van der Waals surface area (Å²) >= 11 is 0. The van der Waals surface area contributed by atoms with Gasteiger partial charge in [0.2, 0.25) is 0 Å². The lowest BCUT2D eigenvalue weighted by molar-refractivity contribution is -0.119. The fourth-order valence-electron chi connectivity index (χ4n) is 2.92. The van der Waals surface area contributed by atoms with E-state index >= 15 is 0 Å². The van der Waals surface area contributed by atoms with Crippen molar-refractivity contribution in [1.82, 2.24) is 4.90 Å². The summed E-state index contributed by atoms with van der Waals surface area (Å²) in [5.41, 5.74) is 3.44. The van der Waals surface area contributed by atoms with E-state index in [1.54, 1.807) is 0 Å². The number of nitrogens with zero attached hydrogens (tertiary/aromatic N) is 1. The first-order valence-electron chi connectivity index (χ1n) is 7.53. The lowest BCUT2D eigenvalue weighted by Crippen LogP contribution is -2.27. The van der Waals surface area contributed by atoms with Crippen LogP contribution in [0.25, 0.3) is 6.08 Å². The maximum atomic E-state index is 12.7. The molecule has 1 aliphatic rings. The van der Waals surface area contributed by atoms with E-state index in [2.05, 4.69) is 30.0 Å². The van der Waals surface area contributed by atoms with E-state index in [9.17, 15) is 4.79 Å².